The van der Waals surface area contributed by atoms with E-state index in [-0.39, 0.29) is 55.4 Å². The third-order valence-electron chi connectivity index (χ3n) is 7.00. The number of amides is 2. The maximum absolute atomic E-state index is 11.8. The minimum absolute atomic E-state index is 0.00347. The zero-order chi connectivity index (χ0) is 37.9. The van der Waals surface area contributed by atoms with E-state index in [0.29, 0.717) is 0 Å². The number of phosphoric acid groups is 1. The molecule has 0 bridgehead atoms. The Morgan fingerprint density at radius 1 is 0.860 bits per heavy atom. The molecule has 0 spiro atoms. The van der Waals surface area contributed by atoms with Gasteiger partial charge in [-0.15, -0.1) is 0 Å². The first-order chi connectivity index (χ1) is 23.3. The van der Waals surface area contributed by atoms with Crippen molar-refractivity contribution in [3.63, 3.8) is 0 Å². The molecule has 2 saturated heterocycles. The number of esters is 2. The van der Waals surface area contributed by atoms with Gasteiger partial charge in [-0.2, -0.15) is 0 Å². The average Bonchev–Trinajstić information content (AvgIpc) is 3.47. The molecule has 20 nitrogen and oxygen atoms in total. The van der Waals surface area contributed by atoms with Crippen LogP contribution in [0.3, 0.4) is 0 Å². The van der Waals surface area contributed by atoms with Gasteiger partial charge in [-0.1, -0.05) is 27.7 Å². The lowest BCUT2D eigenvalue weighted by molar-refractivity contribution is -0.159. The molecule has 0 aliphatic carbocycles. The van der Waals surface area contributed by atoms with Crippen LogP contribution in [0.1, 0.15) is 40.5 Å². The van der Waals surface area contributed by atoms with Crippen molar-refractivity contribution in [1.29, 1.82) is 0 Å². The molecule has 0 aromatic carbocycles. The van der Waals surface area contributed by atoms with Gasteiger partial charge in [0.05, 0.1) is 24.7 Å². The van der Waals surface area contributed by atoms with Crippen LogP contribution in [0.5, 0.6) is 0 Å². The Balaban J connectivity index is 0.000000285. The van der Waals surface area contributed by atoms with Gasteiger partial charge in [-0.25, -0.2) is 4.57 Å². The molecule has 0 saturated carbocycles. The van der Waals surface area contributed by atoms with Gasteiger partial charge in [-0.3, -0.25) is 42.7 Å². The van der Waals surface area contributed by atoms with Crippen LogP contribution >= 0.6 is 7.82 Å². The molecule has 50 heavy (non-hydrogen) atoms. The average molecular weight is 739 g/mol. The summed E-state index contributed by atoms with van der Waals surface area (Å²) < 4.78 is 40.2. The Hall–Kier alpha value is -3.43. The second kappa shape index (κ2) is 19.3. The Kier molecular flexibility index (Phi) is 16.5. The van der Waals surface area contributed by atoms with Crippen molar-refractivity contribution in [3.05, 3.63) is 24.6 Å². The summed E-state index contributed by atoms with van der Waals surface area (Å²) >= 11 is 0. The minimum Gasteiger partial charge on any atom is -0.463 e. The van der Waals surface area contributed by atoms with Crippen LogP contribution in [0.4, 0.5) is 0 Å². The maximum Gasteiger partial charge on any atom is 0.474 e. The highest BCUT2D eigenvalue weighted by atomic mass is 31.2. The van der Waals surface area contributed by atoms with E-state index in [1.807, 2.05) is 0 Å². The molecule has 4 aliphatic heterocycles. The SMILES string of the molecule is CC(C)C(=O)OC[C@H]1O[C@@H](N2C=CC(=O)CC2=O)[C@H](O)[C@@H]1O.COP(=O)(O)O[C@H]1O[C@H](COC(=O)C(C)C)[C@@H](O)[C@H]1O.O=C1C=CNC(=O)C1. The van der Waals surface area contributed by atoms with Crippen LogP contribution < -0.4 is 5.32 Å². The highest BCUT2D eigenvalue weighted by molar-refractivity contribution is 7.47. The quantitative estimate of drug-likeness (QED) is 0.0797. The molecule has 0 aromatic heterocycles. The number of carbonyl (C=O) groups is 6. The zero-order valence-electron chi connectivity index (χ0n) is 27.8. The molecule has 0 aromatic rings. The Bertz CT molecular complexity index is 1350. The number of ketones is 2. The molecular weight excluding hydrogens is 695 g/mol. The van der Waals surface area contributed by atoms with E-state index in [4.69, 9.17) is 23.8 Å². The fourth-order valence-corrected chi connectivity index (χ4v) is 4.66. The number of hydrogen-bond acceptors (Lipinski definition) is 17. The number of aliphatic hydroxyl groups excluding tert-OH is 4. The summed E-state index contributed by atoms with van der Waals surface area (Å²) in [5.41, 5.74) is 0. The Morgan fingerprint density at radius 2 is 1.38 bits per heavy atom. The molecule has 282 valence electrons. The van der Waals surface area contributed by atoms with Crippen molar-refractivity contribution in [2.24, 2.45) is 11.8 Å². The number of rotatable bonds is 10. The van der Waals surface area contributed by atoms with Crippen LogP contribution in [0.25, 0.3) is 0 Å². The first-order valence-electron chi connectivity index (χ1n) is 15.2. The molecule has 4 heterocycles. The molecule has 2 amide bonds. The smallest absolute Gasteiger partial charge is 0.463 e. The zero-order valence-corrected chi connectivity index (χ0v) is 28.7. The first kappa shape index (κ1) is 42.7. The number of hydrogen-bond donors (Lipinski definition) is 6. The number of allylic oxidation sites excluding steroid dienone is 2. The van der Waals surface area contributed by atoms with Crippen LogP contribution in [-0.2, 0) is 61.3 Å². The Labute approximate surface area is 286 Å². The van der Waals surface area contributed by atoms with Crippen molar-refractivity contribution in [1.82, 2.24) is 10.2 Å². The third-order valence-corrected chi connectivity index (χ3v) is 7.94. The summed E-state index contributed by atoms with van der Waals surface area (Å²) in [6, 6.07) is 0. The van der Waals surface area contributed by atoms with Gasteiger partial charge in [0.2, 0.25) is 11.8 Å². The van der Waals surface area contributed by atoms with E-state index in [2.05, 4.69) is 14.4 Å². The summed E-state index contributed by atoms with van der Waals surface area (Å²) in [5, 5.41) is 41.7. The van der Waals surface area contributed by atoms with Gasteiger partial charge in [0.1, 0.15) is 49.8 Å². The van der Waals surface area contributed by atoms with Crippen LogP contribution in [-0.4, -0.2) is 135 Å². The van der Waals surface area contributed by atoms with Crippen molar-refractivity contribution >= 4 is 43.1 Å². The van der Waals surface area contributed by atoms with Gasteiger partial charge in [0.25, 0.3) is 0 Å². The first-order valence-corrected chi connectivity index (χ1v) is 16.7. The van der Waals surface area contributed by atoms with Crippen LogP contribution in [0.15, 0.2) is 24.6 Å². The predicted octanol–water partition coefficient (Wildman–Crippen LogP) is -2.07. The number of phosphoric ester groups is 1. The van der Waals surface area contributed by atoms with Crippen molar-refractivity contribution in [2.45, 2.75) is 89.7 Å². The highest BCUT2D eigenvalue weighted by Gasteiger charge is 2.48. The molecule has 1 unspecified atom stereocenters. The number of nitrogens with one attached hydrogen (secondary N) is 1. The standard InChI is InChI=1S/C14H19NO7.C10H19O9P.C5H5NO2/c1-7(2)14(20)21-6-9-11(18)12(19)13(22-9)15-4-3-8(16)5-10(15)17;1-5(2)9(13)17-4-6-7(11)8(12)10(18-6)19-20(14,15)16-3;7-4-1-2-6-5(8)3-4/h3-4,7,9,11-13,18-19H,5-6H2,1-2H3;5-8,10-12H,4H2,1-3H3,(H,14,15);1-2H,3H2,(H,6,8)/t9-,11-,12-,13-;6-,7-,8-,10-;/m11./s1. The molecule has 9 atom stereocenters. The molecular formula is C29H43N2O18P. The number of nitrogens with zero attached hydrogens (tertiary/aromatic N) is 1. The molecule has 4 rings (SSSR count). The lowest BCUT2D eigenvalue weighted by Crippen LogP contribution is -2.46. The van der Waals surface area contributed by atoms with E-state index in [1.165, 1.54) is 24.6 Å². The minimum atomic E-state index is -4.37. The molecule has 4 aliphatic rings. The monoisotopic (exact) mass is 738 g/mol. The Morgan fingerprint density at radius 3 is 1.84 bits per heavy atom. The van der Waals surface area contributed by atoms with E-state index in [1.54, 1.807) is 27.7 Å². The van der Waals surface area contributed by atoms with E-state index >= 15 is 0 Å². The molecule has 2 fully saturated rings. The van der Waals surface area contributed by atoms with Gasteiger partial charge < -0.3 is 49.6 Å². The maximum atomic E-state index is 11.8. The third kappa shape index (κ3) is 12.7. The number of ether oxygens (including phenoxy) is 4. The summed E-state index contributed by atoms with van der Waals surface area (Å²) in [4.78, 5) is 76.5. The number of carbonyl (C=O) groups excluding carboxylic acids is 6. The van der Waals surface area contributed by atoms with Gasteiger partial charge in [0, 0.05) is 19.5 Å². The van der Waals surface area contributed by atoms with Gasteiger partial charge >= 0.3 is 19.8 Å². The number of aliphatic hydroxyl groups is 4. The molecule has 0 radical (unpaired) electrons. The van der Waals surface area contributed by atoms with Crippen molar-refractivity contribution < 1.29 is 86.6 Å². The summed E-state index contributed by atoms with van der Waals surface area (Å²) in [6.07, 6.45) is -5.50. The topological polar surface area (TPSA) is 291 Å². The van der Waals surface area contributed by atoms with Crippen LogP contribution in [0.2, 0.25) is 0 Å². The second-order valence-electron chi connectivity index (χ2n) is 11.7. The van der Waals surface area contributed by atoms with Crippen molar-refractivity contribution in [2.75, 3.05) is 20.3 Å². The van der Waals surface area contributed by atoms with Crippen LogP contribution in [0, 0.1) is 11.8 Å². The second-order valence-corrected chi connectivity index (χ2v) is 13.2. The lowest BCUT2D eigenvalue weighted by atomic mass is 10.1. The van der Waals surface area contributed by atoms with E-state index < -0.39 is 74.8 Å². The fourth-order valence-electron chi connectivity index (χ4n) is 4.14. The predicted molar refractivity (Wildman–Crippen MR) is 163 cm³/mol. The van der Waals surface area contributed by atoms with Crippen molar-refractivity contribution in [3.8, 4) is 0 Å². The lowest BCUT2D eigenvalue weighted by Gasteiger charge is -2.28. The molecule has 21 heteroatoms. The summed E-state index contributed by atoms with van der Waals surface area (Å²) in [6.45, 7) is 6.07. The summed E-state index contributed by atoms with van der Waals surface area (Å²) in [7, 11) is -3.43. The fraction of sp³-hybridized carbons (Fsp3) is 0.655. The normalized spacial score (nSPS) is 30.3. The van der Waals surface area contributed by atoms with Gasteiger partial charge in [0.15, 0.2) is 24.1 Å². The van der Waals surface area contributed by atoms with Gasteiger partial charge in [-0.05, 0) is 12.2 Å². The largest absolute Gasteiger partial charge is 0.474 e. The molecule has 6 N–H and O–H groups in total. The van der Waals surface area contributed by atoms with E-state index in [9.17, 15) is 53.8 Å². The van der Waals surface area contributed by atoms with E-state index in [0.717, 1.165) is 12.0 Å². The summed E-state index contributed by atoms with van der Waals surface area (Å²) in [5.74, 6) is -2.84. The highest BCUT2D eigenvalue weighted by Crippen LogP contribution is 2.45.